The minimum Gasteiger partial charge on any atom is -0.466 e. The zero-order chi connectivity index (χ0) is 27.6. The highest BCUT2D eigenvalue weighted by molar-refractivity contribution is 7.92. The van der Waals surface area contributed by atoms with Crippen molar-refractivity contribution in [2.75, 3.05) is 12.4 Å². The Bertz CT molecular complexity index is 1410. The van der Waals surface area contributed by atoms with Gasteiger partial charge in [-0.3, -0.25) is 9.59 Å². The fourth-order valence-corrected chi connectivity index (χ4v) is 9.25. The van der Waals surface area contributed by atoms with Gasteiger partial charge in [0.05, 0.1) is 18.8 Å². The van der Waals surface area contributed by atoms with Gasteiger partial charge in [-0.2, -0.15) is 0 Å². The van der Waals surface area contributed by atoms with Crippen molar-refractivity contribution < 1.29 is 22.7 Å². The zero-order valence-electron chi connectivity index (χ0n) is 22.2. The first-order chi connectivity index (χ1) is 17.9. The molecule has 1 aliphatic heterocycles. The van der Waals surface area contributed by atoms with Gasteiger partial charge in [-0.1, -0.05) is 62.5 Å². The van der Waals surface area contributed by atoms with E-state index in [2.05, 4.69) is 19.6 Å². The van der Waals surface area contributed by atoms with Gasteiger partial charge < -0.3 is 10.5 Å². The molecule has 0 saturated carbocycles. The van der Waals surface area contributed by atoms with Gasteiger partial charge in [-0.25, -0.2) is 8.42 Å². The molecular formula is C29H35NO5S2Si. The van der Waals surface area contributed by atoms with Crippen LogP contribution in [0, 0.1) is 0 Å². The molecule has 2 heterocycles. The maximum absolute atomic E-state index is 13.5. The van der Waals surface area contributed by atoms with Crippen molar-refractivity contribution in [3.05, 3.63) is 71.1 Å². The van der Waals surface area contributed by atoms with Gasteiger partial charge in [0, 0.05) is 23.4 Å². The number of rotatable bonds is 9. The Hall–Kier alpha value is -2.75. The molecule has 1 amide bonds. The topological polar surface area (TPSA) is 104 Å². The molecule has 4 rings (SSSR count). The van der Waals surface area contributed by atoms with Gasteiger partial charge in [-0.05, 0) is 59.8 Å². The van der Waals surface area contributed by atoms with Crippen LogP contribution >= 0.6 is 11.3 Å². The summed E-state index contributed by atoms with van der Waals surface area (Å²) in [5, 5.41) is 0. The Morgan fingerprint density at radius 1 is 0.921 bits per heavy atom. The number of carbonyl (C=O) groups is 2. The largest absolute Gasteiger partial charge is 0.466 e. The van der Waals surface area contributed by atoms with E-state index in [4.69, 9.17) is 10.5 Å². The van der Waals surface area contributed by atoms with E-state index in [0.717, 1.165) is 34.0 Å². The van der Waals surface area contributed by atoms with E-state index < -0.39 is 34.5 Å². The van der Waals surface area contributed by atoms with E-state index in [9.17, 15) is 18.0 Å². The lowest BCUT2D eigenvalue weighted by Gasteiger charge is -2.35. The summed E-state index contributed by atoms with van der Waals surface area (Å²) in [5.74, 6) is -0.806. The van der Waals surface area contributed by atoms with Gasteiger partial charge in [0.25, 0.3) is 0 Å². The first kappa shape index (κ1) is 28.3. The predicted molar refractivity (Wildman–Crippen MR) is 157 cm³/mol. The van der Waals surface area contributed by atoms with Gasteiger partial charge in [0.15, 0.2) is 9.84 Å². The van der Waals surface area contributed by atoms with Crippen molar-refractivity contribution >= 4 is 41.1 Å². The third-order valence-electron chi connectivity index (χ3n) is 7.11. The first-order valence-electron chi connectivity index (χ1n) is 12.9. The van der Waals surface area contributed by atoms with Gasteiger partial charge in [0.1, 0.15) is 4.75 Å². The minimum atomic E-state index is -3.52. The Morgan fingerprint density at radius 2 is 1.53 bits per heavy atom. The van der Waals surface area contributed by atoms with Crippen LogP contribution in [0.25, 0.3) is 21.6 Å². The lowest BCUT2D eigenvalue weighted by Crippen LogP contribution is -2.42. The van der Waals surface area contributed by atoms with Crippen molar-refractivity contribution in [3.8, 4) is 21.6 Å². The van der Waals surface area contributed by atoms with Gasteiger partial charge >= 0.3 is 5.97 Å². The second kappa shape index (κ2) is 11.2. The number of hydrogen-bond donors (Lipinski definition) is 1. The van der Waals surface area contributed by atoms with E-state index in [0.29, 0.717) is 29.9 Å². The molecule has 6 nitrogen and oxygen atoms in total. The molecule has 2 aromatic carbocycles. The maximum Gasteiger partial charge on any atom is 0.307 e. The van der Waals surface area contributed by atoms with E-state index in [1.165, 1.54) is 11.3 Å². The molecule has 1 aromatic heterocycles. The molecule has 9 heteroatoms. The third kappa shape index (κ3) is 6.27. The molecule has 0 aliphatic carbocycles. The highest BCUT2D eigenvalue weighted by atomic mass is 32.2. The SMILES string of the molecule is C[Si](C)(C)CCOC(=O)C[C@]1(c2ccc(-c3ccc(-c4ccc(C(N)=O)cc4)cc3)s2)CCCCS1(=O)=O. The quantitative estimate of drug-likeness (QED) is 0.242. The molecule has 0 radical (unpaired) electrons. The summed E-state index contributed by atoms with van der Waals surface area (Å²) in [6.45, 7) is 6.99. The Kier molecular flexibility index (Phi) is 8.30. The van der Waals surface area contributed by atoms with Gasteiger partial charge in [-0.15, -0.1) is 11.3 Å². The number of benzene rings is 2. The van der Waals surface area contributed by atoms with Crippen molar-refractivity contribution in [1.82, 2.24) is 0 Å². The third-order valence-corrected chi connectivity index (χ3v) is 12.9. The number of primary amides is 1. The van der Waals surface area contributed by atoms with Crippen LogP contribution in [0.4, 0.5) is 0 Å². The Labute approximate surface area is 230 Å². The number of esters is 1. The second-order valence-electron chi connectivity index (χ2n) is 11.2. The number of carbonyl (C=O) groups excluding carboxylic acids is 2. The second-order valence-corrected chi connectivity index (χ2v) is 20.3. The summed E-state index contributed by atoms with van der Waals surface area (Å²) in [4.78, 5) is 25.9. The molecule has 0 unspecified atom stereocenters. The molecule has 2 N–H and O–H groups in total. The number of hydrogen-bond acceptors (Lipinski definition) is 6. The highest BCUT2D eigenvalue weighted by Gasteiger charge is 2.49. The van der Waals surface area contributed by atoms with Crippen LogP contribution < -0.4 is 5.73 Å². The maximum atomic E-state index is 13.5. The molecule has 0 spiro atoms. The van der Waals surface area contributed by atoms with Gasteiger partial charge in [0.2, 0.25) is 5.91 Å². The first-order valence-corrected chi connectivity index (χ1v) is 19.1. The van der Waals surface area contributed by atoms with Crippen molar-refractivity contribution in [1.29, 1.82) is 0 Å². The number of nitrogens with two attached hydrogens (primary N) is 1. The summed E-state index contributed by atoms with van der Waals surface area (Å²) < 4.78 is 31.2. The normalized spacial score (nSPS) is 19.1. The Morgan fingerprint density at radius 3 is 2.11 bits per heavy atom. The van der Waals surface area contributed by atoms with E-state index in [1.54, 1.807) is 12.1 Å². The lowest BCUT2D eigenvalue weighted by atomic mass is 9.95. The average Bonchev–Trinajstić information content (AvgIpc) is 3.35. The summed E-state index contributed by atoms with van der Waals surface area (Å²) in [7, 11) is -4.89. The number of ether oxygens (including phenoxy) is 1. The van der Waals surface area contributed by atoms with Crippen LogP contribution in [0.15, 0.2) is 60.7 Å². The predicted octanol–water partition coefficient (Wildman–Crippen LogP) is 6.25. The fourth-order valence-electron chi connectivity index (χ4n) is 4.76. The van der Waals surface area contributed by atoms with E-state index in [-0.39, 0.29) is 12.2 Å². The monoisotopic (exact) mass is 569 g/mol. The van der Waals surface area contributed by atoms with Crippen molar-refractivity contribution in [2.24, 2.45) is 5.73 Å². The molecule has 1 aliphatic rings. The van der Waals surface area contributed by atoms with Crippen molar-refractivity contribution in [3.63, 3.8) is 0 Å². The average molecular weight is 570 g/mol. The lowest BCUT2D eigenvalue weighted by molar-refractivity contribution is -0.144. The van der Waals surface area contributed by atoms with Crippen LogP contribution in [-0.4, -0.2) is 40.7 Å². The van der Waals surface area contributed by atoms with Crippen LogP contribution in [0.5, 0.6) is 0 Å². The molecule has 1 saturated heterocycles. The zero-order valence-corrected chi connectivity index (χ0v) is 24.8. The summed E-state index contributed by atoms with van der Waals surface area (Å²) >= 11 is 1.44. The molecular weight excluding hydrogens is 535 g/mol. The molecule has 202 valence electrons. The number of amides is 1. The fraction of sp³-hybridized carbons (Fsp3) is 0.379. The highest BCUT2D eigenvalue weighted by Crippen LogP contribution is 2.47. The van der Waals surface area contributed by atoms with Crippen LogP contribution in [-0.2, 0) is 24.1 Å². The number of sulfone groups is 1. The molecule has 0 bridgehead atoms. The minimum absolute atomic E-state index is 0.0889. The van der Waals surface area contributed by atoms with E-state index in [1.807, 2.05) is 48.5 Å². The molecule has 1 atom stereocenters. The number of thiophene rings is 1. The summed E-state index contributed by atoms with van der Waals surface area (Å²) in [5.41, 5.74) is 8.73. The smallest absolute Gasteiger partial charge is 0.307 e. The van der Waals surface area contributed by atoms with Crippen molar-refractivity contribution in [2.45, 2.75) is 56.1 Å². The molecule has 1 fully saturated rings. The van der Waals surface area contributed by atoms with Crippen LogP contribution in [0.1, 0.15) is 40.9 Å². The van der Waals surface area contributed by atoms with Crippen LogP contribution in [0.2, 0.25) is 25.7 Å². The van der Waals surface area contributed by atoms with E-state index >= 15 is 0 Å². The summed E-state index contributed by atoms with van der Waals surface area (Å²) in [6.07, 6.45) is 1.67. The standard InChI is InChI=1S/C29H35NO5S2Si/c1-38(2,3)19-17-35-27(31)20-29(16-4-5-18-37(29,33)34)26-15-14-25(36-26)23-10-6-21(7-11-23)22-8-12-24(13-9-22)28(30)32/h6-15H,4-5,16-20H2,1-3H3,(H2,30,32)/t29-/m0/s1. The summed E-state index contributed by atoms with van der Waals surface area (Å²) in [6, 6.07) is 19.8. The Balaban J connectivity index is 1.57. The molecule has 3 aromatic rings. The molecule has 38 heavy (non-hydrogen) atoms. The van der Waals surface area contributed by atoms with Crippen LogP contribution in [0.3, 0.4) is 0 Å².